The van der Waals surface area contributed by atoms with Crippen LogP contribution in [0.1, 0.15) is 18.0 Å². The first-order chi connectivity index (χ1) is 7.13. The Labute approximate surface area is 93.4 Å². The number of carbonyl (C=O) groups is 1. The predicted molar refractivity (Wildman–Crippen MR) is 60.1 cm³/mol. The Morgan fingerprint density at radius 2 is 2.00 bits per heavy atom. The molecule has 1 unspecified atom stereocenters. The maximum absolute atomic E-state index is 10.8. The van der Waals surface area contributed by atoms with Gasteiger partial charge in [0.05, 0.1) is 0 Å². The molecule has 0 saturated heterocycles. The lowest BCUT2D eigenvalue weighted by Gasteiger charge is -2.05. The average molecular weight is 226 g/mol. The molecule has 0 aliphatic rings. The molecule has 0 aliphatic carbocycles. The minimum Gasteiger partial charge on any atom is -0.326 e. The van der Waals surface area contributed by atoms with E-state index >= 15 is 0 Å². The van der Waals surface area contributed by atoms with Crippen molar-refractivity contribution in [1.29, 1.82) is 0 Å². The van der Waals surface area contributed by atoms with Crippen LogP contribution < -0.4 is 5.32 Å². The summed E-state index contributed by atoms with van der Waals surface area (Å²) >= 11 is 5.92. The van der Waals surface area contributed by atoms with Crippen LogP contribution in [0.4, 0.5) is 5.69 Å². The molecular weight excluding hydrogens is 214 g/mol. The molecule has 1 aromatic rings. The van der Waals surface area contributed by atoms with Gasteiger partial charge in [0.25, 0.3) is 0 Å². The van der Waals surface area contributed by atoms with Gasteiger partial charge in [0.15, 0.2) is 5.50 Å². The minimum atomic E-state index is -0.471. The molecule has 5 heteroatoms. The van der Waals surface area contributed by atoms with E-state index in [2.05, 4.69) is 15.5 Å². The number of rotatable bonds is 3. The Bertz CT molecular complexity index is 361. The molecule has 0 saturated carbocycles. The molecule has 80 valence electrons. The van der Waals surface area contributed by atoms with Gasteiger partial charge < -0.3 is 5.32 Å². The van der Waals surface area contributed by atoms with Crippen molar-refractivity contribution in [3.05, 3.63) is 29.8 Å². The number of hydrogen-bond acceptors (Lipinski definition) is 3. The number of anilines is 1. The van der Waals surface area contributed by atoms with Gasteiger partial charge in [-0.1, -0.05) is 23.7 Å². The Hall–Kier alpha value is -1.42. The zero-order valence-corrected chi connectivity index (χ0v) is 9.32. The van der Waals surface area contributed by atoms with E-state index in [1.807, 2.05) is 0 Å². The number of carbonyl (C=O) groups excluding carboxylic acids is 1. The van der Waals surface area contributed by atoms with Crippen LogP contribution in [0.15, 0.2) is 34.5 Å². The lowest BCUT2D eigenvalue weighted by atomic mass is 10.2. The van der Waals surface area contributed by atoms with Crippen molar-refractivity contribution in [3.63, 3.8) is 0 Å². The smallest absolute Gasteiger partial charge is 0.221 e. The van der Waals surface area contributed by atoms with Gasteiger partial charge in [-0.2, -0.15) is 10.2 Å². The van der Waals surface area contributed by atoms with Crippen LogP contribution in [0.25, 0.3) is 0 Å². The first kappa shape index (κ1) is 11.7. The molecule has 4 nitrogen and oxygen atoms in total. The molecule has 1 aromatic carbocycles. The highest BCUT2D eigenvalue weighted by Gasteiger charge is 2.05. The highest BCUT2D eigenvalue weighted by atomic mass is 35.5. The number of amides is 1. The van der Waals surface area contributed by atoms with Gasteiger partial charge in [-0.15, -0.1) is 0 Å². The number of hydrogen-bond donors (Lipinski definition) is 1. The van der Waals surface area contributed by atoms with Crippen LogP contribution in [-0.4, -0.2) is 13.0 Å². The summed E-state index contributed by atoms with van der Waals surface area (Å²) in [6.45, 7) is 1.46. The Morgan fingerprint density at radius 1 is 1.40 bits per heavy atom. The van der Waals surface area contributed by atoms with Crippen molar-refractivity contribution in [2.24, 2.45) is 10.2 Å². The Balaban J connectivity index is 2.75. The minimum absolute atomic E-state index is 0.0987. The third-order valence-electron chi connectivity index (χ3n) is 1.72. The third-order valence-corrected chi connectivity index (χ3v) is 2.06. The summed E-state index contributed by atoms with van der Waals surface area (Å²) in [5.74, 6) is -0.0987. The fraction of sp³-hybridized carbons (Fsp3) is 0.300. The second-order valence-corrected chi connectivity index (χ2v) is 3.37. The van der Waals surface area contributed by atoms with E-state index in [0.717, 1.165) is 11.3 Å². The van der Waals surface area contributed by atoms with Crippen LogP contribution in [0, 0.1) is 0 Å². The first-order valence-electron chi connectivity index (χ1n) is 4.44. The molecule has 0 spiro atoms. The van der Waals surface area contributed by atoms with Crippen LogP contribution in [0.3, 0.4) is 0 Å². The Morgan fingerprint density at radius 3 is 2.47 bits per heavy atom. The van der Waals surface area contributed by atoms with Crippen LogP contribution in [-0.2, 0) is 4.79 Å². The summed E-state index contributed by atoms with van der Waals surface area (Å²) < 4.78 is 0. The maximum atomic E-state index is 10.8. The van der Waals surface area contributed by atoms with Gasteiger partial charge >= 0.3 is 0 Å². The van der Waals surface area contributed by atoms with Crippen molar-refractivity contribution in [2.75, 3.05) is 12.4 Å². The van der Waals surface area contributed by atoms with Gasteiger partial charge in [0.2, 0.25) is 5.91 Å². The molecule has 0 radical (unpaired) electrons. The van der Waals surface area contributed by atoms with E-state index in [1.165, 1.54) is 6.92 Å². The monoisotopic (exact) mass is 225 g/mol. The van der Waals surface area contributed by atoms with Crippen molar-refractivity contribution < 1.29 is 4.79 Å². The van der Waals surface area contributed by atoms with Crippen molar-refractivity contribution >= 4 is 23.2 Å². The Kier molecular flexibility index (Phi) is 4.24. The molecule has 0 bridgehead atoms. The van der Waals surface area contributed by atoms with Gasteiger partial charge in [-0.25, -0.2) is 0 Å². The van der Waals surface area contributed by atoms with Crippen molar-refractivity contribution in [1.82, 2.24) is 0 Å². The van der Waals surface area contributed by atoms with E-state index in [1.54, 1.807) is 31.3 Å². The SMILES string of the molecule is CN=NC(Cl)c1ccc(NC(C)=O)cc1. The predicted octanol–water partition coefficient (Wildman–Crippen LogP) is 2.96. The second-order valence-electron chi connectivity index (χ2n) is 2.95. The molecule has 0 aromatic heterocycles. The largest absolute Gasteiger partial charge is 0.326 e. The van der Waals surface area contributed by atoms with Crippen molar-refractivity contribution in [3.8, 4) is 0 Å². The highest BCUT2D eigenvalue weighted by Crippen LogP contribution is 2.23. The topological polar surface area (TPSA) is 53.8 Å². The number of benzene rings is 1. The summed E-state index contributed by atoms with van der Waals surface area (Å²) in [7, 11) is 1.57. The van der Waals surface area contributed by atoms with E-state index in [0.29, 0.717) is 0 Å². The van der Waals surface area contributed by atoms with Crippen LogP contribution in [0.5, 0.6) is 0 Å². The summed E-state index contributed by atoms with van der Waals surface area (Å²) in [5, 5.41) is 10.1. The molecule has 1 N–H and O–H groups in total. The quantitative estimate of drug-likeness (QED) is 0.480. The molecule has 15 heavy (non-hydrogen) atoms. The molecule has 1 rings (SSSR count). The maximum Gasteiger partial charge on any atom is 0.221 e. The summed E-state index contributed by atoms with van der Waals surface area (Å²) in [6, 6.07) is 7.16. The fourth-order valence-corrected chi connectivity index (χ4v) is 1.33. The normalized spacial score (nSPS) is 12.7. The van der Waals surface area contributed by atoms with Crippen LogP contribution in [0.2, 0.25) is 0 Å². The van der Waals surface area contributed by atoms with Crippen molar-refractivity contribution in [2.45, 2.75) is 12.4 Å². The molecule has 0 aliphatic heterocycles. The highest BCUT2D eigenvalue weighted by molar-refractivity contribution is 6.20. The number of azo groups is 1. The zero-order valence-electron chi connectivity index (χ0n) is 8.57. The molecule has 1 amide bonds. The number of alkyl halides is 1. The van der Waals surface area contributed by atoms with E-state index in [4.69, 9.17) is 11.6 Å². The number of nitrogens with zero attached hydrogens (tertiary/aromatic N) is 2. The standard InChI is InChI=1S/C10H12ClN3O/c1-7(15)13-9-5-3-8(4-6-9)10(11)14-12-2/h3-6,10H,1-2H3,(H,13,15). The van der Waals surface area contributed by atoms with Crippen LogP contribution >= 0.6 is 11.6 Å². The lowest BCUT2D eigenvalue weighted by molar-refractivity contribution is -0.114. The summed E-state index contributed by atoms with van der Waals surface area (Å²) in [4.78, 5) is 10.8. The van der Waals surface area contributed by atoms with Gasteiger partial charge in [0.1, 0.15) is 0 Å². The molecule has 1 atom stereocenters. The van der Waals surface area contributed by atoms with E-state index in [9.17, 15) is 4.79 Å². The lowest BCUT2D eigenvalue weighted by Crippen LogP contribution is -2.05. The fourth-order valence-electron chi connectivity index (χ4n) is 1.10. The third kappa shape index (κ3) is 3.67. The summed E-state index contributed by atoms with van der Waals surface area (Å²) in [6.07, 6.45) is 0. The number of halogens is 1. The number of nitrogens with one attached hydrogen (secondary N) is 1. The van der Waals surface area contributed by atoms with E-state index < -0.39 is 5.50 Å². The zero-order chi connectivity index (χ0) is 11.3. The second kappa shape index (κ2) is 5.46. The first-order valence-corrected chi connectivity index (χ1v) is 4.87. The average Bonchev–Trinajstić information content (AvgIpc) is 2.18. The summed E-state index contributed by atoms with van der Waals surface area (Å²) in [5.41, 5.74) is 1.11. The molecular formula is C10H12ClN3O. The molecule has 0 heterocycles. The van der Waals surface area contributed by atoms with Gasteiger partial charge in [0, 0.05) is 19.7 Å². The van der Waals surface area contributed by atoms with Gasteiger partial charge in [-0.05, 0) is 17.7 Å². The van der Waals surface area contributed by atoms with E-state index in [-0.39, 0.29) is 5.91 Å². The molecule has 0 fully saturated rings. The van der Waals surface area contributed by atoms with Gasteiger partial charge in [-0.3, -0.25) is 4.79 Å².